The summed E-state index contributed by atoms with van der Waals surface area (Å²) in [5.41, 5.74) is 0.789. The third kappa shape index (κ3) is 2.28. The molecule has 0 aliphatic carbocycles. The summed E-state index contributed by atoms with van der Waals surface area (Å²) >= 11 is 1.21. The first kappa shape index (κ1) is 14.6. The molecular formula is C18H12N2O3S. The number of fused-ring (bicyclic) bond motifs is 2. The van der Waals surface area contributed by atoms with Crippen LogP contribution < -0.4 is 20.4 Å². The lowest BCUT2D eigenvalue weighted by Gasteiger charge is -1.98. The van der Waals surface area contributed by atoms with Gasteiger partial charge in [0.05, 0.1) is 22.5 Å². The van der Waals surface area contributed by atoms with Crippen molar-refractivity contribution in [1.29, 1.82) is 0 Å². The number of hydrogen-bond acceptors (Lipinski definition) is 5. The maximum absolute atomic E-state index is 12.6. The Labute approximate surface area is 140 Å². The summed E-state index contributed by atoms with van der Waals surface area (Å²) in [5.74, 6) is 0.745. The predicted octanol–water partition coefficient (Wildman–Crippen LogP) is 1.83. The Kier molecular flexibility index (Phi) is 3.39. The number of ether oxygens (including phenoxy) is 1. The van der Waals surface area contributed by atoms with E-state index in [0.29, 0.717) is 20.4 Å². The van der Waals surface area contributed by atoms with Crippen LogP contribution in [0.25, 0.3) is 21.9 Å². The lowest BCUT2D eigenvalue weighted by Crippen LogP contribution is -2.31. The van der Waals surface area contributed by atoms with Crippen molar-refractivity contribution in [3.05, 3.63) is 79.3 Å². The zero-order valence-corrected chi connectivity index (χ0v) is 13.5. The van der Waals surface area contributed by atoms with Crippen LogP contribution in [0, 0.1) is 0 Å². The molecule has 0 radical (unpaired) electrons. The maximum atomic E-state index is 12.6. The summed E-state index contributed by atoms with van der Waals surface area (Å²) in [6.07, 6.45) is 1.76. The van der Waals surface area contributed by atoms with Gasteiger partial charge in [0.15, 0.2) is 0 Å². The molecule has 2 aromatic carbocycles. The van der Waals surface area contributed by atoms with Gasteiger partial charge in [-0.3, -0.25) is 9.59 Å². The number of methoxy groups -OCH3 is 1. The Hall–Kier alpha value is -2.99. The van der Waals surface area contributed by atoms with Crippen molar-refractivity contribution in [2.24, 2.45) is 0 Å². The summed E-state index contributed by atoms with van der Waals surface area (Å²) in [7, 11) is 1.60. The van der Waals surface area contributed by atoms with Crippen molar-refractivity contribution in [2.75, 3.05) is 7.11 Å². The van der Waals surface area contributed by atoms with E-state index in [1.165, 1.54) is 11.3 Å². The molecule has 5 nitrogen and oxygen atoms in total. The Morgan fingerprint density at radius 1 is 1.04 bits per heavy atom. The Bertz CT molecular complexity index is 1220. The van der Waals surface area contributed by atoms with Crippen LogP contribution >= 0.6 is 11.3 Å². The highest BCUT2D eigenvalue weighted by atomic mass is 32.1. The van der Waals surface area contributed by atoms with Crippen LogP contribution in [0.2, 0.25) is 0 Å². The minimum absolute atomic E-state index is 0.328. The molecule has 4 aromatic rings. The monoisotopic (exact) mass is 336 g/mol. The van der Waals surface area contributed by atoms with E-state index in [9.17, 15) is 9.59 Å². The van der Waals surface area contributed by atoms with Gasteiger partial charge in [-0.25, -0.2) is 9.38 Å². The van der Waals surface area contributed by atoms with Gasteiger partial charge in [0.2, 0.25) is 4.96 Å². The fourth-order valence-electron chi connectivity index (χ4n) is 2.55. The molecule has 0 unspecified atom stereocenters. The van der Waals surface area contributed by atoms with Crippen molar-refractivity contribution < 1.29 is 4.74 Å². The molecule has 0 saturated carbocycles. The SMILES string of the molecule is COc1ccc(/C=c2/sc3nc4ccccc4c(=O)n3c2=O)cc1. The first-order chi connectivity index (χ1) is 11.7. The zero-order chi connectivity index (χ0) is 16.7. The normalized spacial score (nSPS) is 12.1. The number of rotatable bonds is 2. The van der Waals surface area contributed by atoms with Gasteiger partial charge >= 0.3 is 0 Å². The largest absolute Gasteiger partial charge is 0.497 e. The van der Waals surface area contributed by atoms with Crippen LogP contribution in [0.1, 0.15) is 5.56 Å². The summed E-state index contributed by atoms with van der Waals surface area (Å²) in [6, 6.07) is 14.4. The van der Waals surface area contributed by atoms with Crippen LogP contribution in [-0.2, 0) is 0 Å². The number of aromatic nitrogens is 2. The fraction of sp³-hybridized carbons (Fsp3) is 0.0556. The van der Waals surface area contributed by atoms with Crippen molar-refractivity contribution in [2.45, 2.75) is 0 Å². The van der Waals surface area contributed by atoms with E-state index in [-0.39, 0.29) is 11.1 Å². The Morgan fingerprint density at radius 2 is 1.79 bits per heavy atom. The smallest absolute Gasteiger partial charge is 0.277 e. The molecule has 0 saturated heterocycles. The number of para-hydroxylation sites is 1. The van der Waals surface area contributed by atoms with Crippen molar-refractivity contribution in [1.82, 2.24) is 9.38 Å². The van der Waals surface area contributed by atoms with Crippen molar-refractivity contribution in [3.8, 4) is 5.75 Å². The number of benzene rings is 2. The quantitative estimate of drug-likeness (QED) is 0.560. The second-order valence-electron chi connectivity index (χ2n) is 5.24. The summed E-state index contributed by atoms with van der Waals surface area (Å²) < 4.78 is 6.74. The first-order valence-electron chi connectivity index (χ1n) is 7.27. The molecule has 0 atom stereocenters. The van der Waals surface area contributed by atoms with E-state index >= 15 is 0 Å². The second-order valence-corrected chi connectivity index (χ2v) is 6.25. The zero-order valence-electron chi connectivity index (χ0n) is 12.7. The van der Waals surface area contributed by atoms with Crippen LogP contribution in [-0.4, -0.2) is 16.5 Å². The molecule has 0 fully saturated rings. The lowest BCUT2D eigenvalue weighted by atomic mass is 10.2. The first-order valence-corrected chi connectivity index (χ1v) is 8.09. The van der Waals surface area contributed by atoms with Crippen LogP contribution in [0.3, 0.4) is 0 Å². The van der Waals surface area contributed by atoms with Crippen LogP contribution in [0.5, 0.6) is 5.75 Å². The van der Waals surface area contributed by atoms with E-state index < -0.39 is 0 Å². The molecule has 0 N–H and O–H groups in total. The molecule has 118 valence electrons. The molecule has 24 heavy (non-hydrogen) atoms. The molecule has 0 aliphatic heterocycles. The predicted molar refractivity (Wildman–Crippen MR) is 94.9 cm³/mol. The number of thiazole rings is 1. The average molecular weight is 336 g/mol. The summed E-state index contributed by atoms with van der Waals surface area (Å²) in [6.45, 7) is 0. The molecule has 0 spiro atoms. The lowest BCUT2D eigenvalue weighted by molar-refractivity contribution is 0.415. The topological polar surface area (TPSA) is 60.7 Å². The molecule has 2 heterocycles. The Balaban J connectivity index is 2.00. The van der Waals surface area contributed by atoms with E-state index in [2.05, 4.69) is 4.98 Å². The third-order valence-electron chi connectivity index (χ3n) is 3.77. The molecular weight excluding hydrogens is 324 g/mol. The van der Waals surface area contributed by atoms with Gasteiger partial charge in [-0.1, -0.05) is 35.6 Å². The molecule has 6 heteroatoms. The van der Waals surface area contributed by atoms with Gasteiger partial charge in [0.25, 0.3) is 11.1 Å². The number of hydrogen-bond donors (Lipinski definition) is 0. The summed E-state index contributed by atoms with van der Waals surface area (Å²) in [4.78, 5) is 30.0. The highest BCUT2D eigenvalue weighted by Crippen LogP contribution is 2.12. The van der Waals surface area contributed by atoms with Crippen LogP contribution in [0.4, 0.5) is 0 Å². The third-order valence-corrected chi connectivity index (χ3v) is 4.74. The minimum atomic E-state index is -0.339. The van der Waals surface area contributed by atoms with E-state index in [0.717, 1.165) is 15.7 Å². The van der Waals surface area contributed by atoms with E-state index in [4.69, 9.17) is 4.74 Å². The van der Waals surface area contributed by atoms with Gasteiger partial charge in [0, 0.05) is 0 Å². The fourth-order valence-corrected chi connectivity index (χ4v) is 3.53. The van der Waals surface area contributed by atoms with Gasteiger partial charge in [-0.05, 0) is 35.9 Å². The minimum Gasteiger partial charge on any atom is -0.497 e. The standard InChI is InChI=1S/C18H12N2O3S/c1-23-12-8-6-11(7-9-12)10-15-17(22)20-16(21)13-4-2-3-5-14(13)19-18(20)24-15/h2-10H,1H3/b15-10+. The van der Waals surface area contributed by atoms with Crippen molar-refractivity contribution in [3.63, 3.8) is 0 Å². The van der Waals surface area contributed by atoms with Gasteiger partial charge in [-0.2, -0.15) is 0 Å². The van der Waals surface area contributed by atoms with Gasteiger partial charge in [-0.15, -0.1) is 0 Å². The average Bonchev–Trinajstić information content (AvgIpc) is 2.92. The molecule has 0 amide bonds. The summed E-state index contributed by atoms with van der Waals surface area (Å²) in [5, 5.41) is 0.445. The highest BCUT2D eigenvalue weighted by Gasteiger charge is 2.10. The van der Waals surface area contributed by atoms with Gasteiger partial charge in [0.1, 0.15) is 5.75 Å². The molecule has 0 aliphatic rings. The van der Waals surface area contributed by atoms with E-state index in [1.54, 1.807) is 31.4 Å². The highest BCUT2D eigenvalue weighted by molar-refractivity contribution is 7.15. The molecule has 4 rings (SSSR count). The molecule has 0 bridgehead atoms. The van der Waals surface area contributed by atoms with Crippen LogP contribution in [0.15, 0.2) is 58.1 Å². The van der Waals surface area contributed by atoms with E-state index in [1.807, 2.05) is 30.3 Å². The maximum Gasteiger partial charge on any atom is 0.277 e. The van der Waals surface area contributed by atoms with Crippen molar-refractivity contribution >= 4 is 33.3 Å². The molecule has 2 aromatic heterocycles. The second kappa shape index (κ2) is 5.58. The van der Waals surface area contributed by atoms with Gasteiger partial charge < -0.3 is 4.74 Å². The Morgan fingerprint density at radius 3 is 2.54 bits per heavy atom. The number of nitrogens with zero attached hydrogens (tertiary/aromatic N) is 2.